The van der Waals surface area contributed by atoms with Gasteiger partial charge in [-0.1, -0.05) is 37.2 Å². The van der Waals surface area contributed by atoms with Crippen LogP contribution in [-0.4, -0.2) is 17.5 Å². The van der Waals surface area contributed by atoms with Gasteiger partial charge < -0.3 is 5.32 Å². The Morgan fingerprint density at radius 2 is 2.16 bits per heavy atom. The summed E-state index contributed by atoms with van der Waals surface area (Å²) in [6.45, 7) is 5.43. The Hall–Kier alpha value is -0.190. The third-order valence-electron chi connectivity index (χ3n) is 3.75. The lowest BCUT2D eigenvalue weighted by atomic mass is 9.84. The molecule has 2 nitrogen and oxygen atoms in total. The molecule has 0 saturated carbocycles. The van der Waals surface area contributed by atoms with Crippen LogP contribution < -0.4 is 5.32 Å². The van der Waals surface area contributed by atoms with Crippen LogP contribution in [0.5, 0.6) is 0 Å². The third-order valence-corrected chi connectivity index (χ3v) is 5.90. The number of nitrogens with zero attached hydrogens (tertiary/aromatic N) is 1. The van der Waals surface area contributed by atoms with Crippen molar-refractivity contribution in [1.82, 2.24) is 0 Å². The molecule has 104 valence electrons. The van der Waals surface area contributed by atoms with Crippen molar-refractivity contribution in [3.8, 4) is 0 Å². The molecule has 0 unspecified atom stereocenters. The predicted octanol–water partition coefficient (Wildman–Crippen LogP) is 5.42. The molecule has 5 heteroatoms. The number of nitrogens with one attached hydrogen (secondary N) is 1. The van der Waals surface area contributed by atoms with Gasteiger partial charge in [0.15, 0.2) is 5.17 Å². The summed E-state index contributed by atoms with van der Waals surface area (Å²) in [7, 11) is 0. The van der Waals surface area contributed by atoms with Crippen LogP contribution in [0.3, 0.4) is 0 Å². The van der Waals surface area contributed by atoms with Gasteiger partial charge in [-0.2, -0.15) is 0 Å². The Kier molecular flexibility index (Phi) is 5.21. The van der Waals surface area contributed by atoms with Gasteiger partial charge in [0.25, 0.3) is 0 Å². The topological polar surface area (TPSA) is 24.4 Å². The lowest BCUT2D eigenvalue weighted by molar-refractivity contribution is 0.318. The van der Waals surface area contributed by atoms with E-state index in [1.165, 1.54) is 12.8 Å². The zero-order valence-corrected chi connectivity index (χ0v) is 14.3. The highest BCUT2D eigenvalue weighted by atomic mass is 79.9. The minimum absolute atomic E-state index is 0.382. The maximum absolute atomic E-state index is 5.94. The smallest absolute Gasteiger partial charge is 0.161 e. The molecule has 1 N–H and O–H groups in total. The van der Waals surface area contributed by atoms with Crippen molar-refractivity contribution >= 4 is 50.1 Å². The standard InChI is InChI=1S/C14H18BrClN2S/c1-3-14(4-2)8-17-13(19-9-14)18-12-6-5-10(16)7-11(12)15/h5-7H,3-4,8-9H2,1-2H3,(H,17,18). The average Bonchev–Trinajstić information content (AvgIpc) is 2.43. The van der Waals surface area contributed by atoms with Crippen molar-refractivity contribution in [2.75, 3.05) is 17.6 Å². The van der Waals surface area contributed by atoms with Crippen LogP contribution >= 0.6 is 39.3 Å². The molecule has 2 rings (SSSR count). The Morgan fingerprint density at radius 3 is 2.68 bits per heavy atom. The number of anilines is 1. The average molecular weight is 362 g/mol. The predicted molar refractivity (Wildman–Crippen MR) is 90.5 cm³/mol. The molecule has 1 heterocycles. The number of hydrogen-bond donors (Lipinski definition) is 1. The van der Waals surface area contributed by atoms with E-state index in [4.69, 9.17) is 16.6 Å². The minimum atomic E-state index is 0.382. The van der Waals surface area contributed by atoms with Gasteiger partial charge in [-0.3, -0.25) is 4.99 Å². The third kappa shape index (κ3) is 3.67. The van der Waals surface area contributed by atoms with Crippen LogP contribution in [0.15, 0.2) is 27.7 Å². The van der Waals surface area contributed by atoms with Crippen molar-refractivity contribution < 1.29 is 0 Å². The molecule has 1 aromatic rings. The molecule has 19 heavy (non-hydrogen) atoms. The zero-order chi connectivity index (χ0) is 13.9. The van der Waals surface area contributed by atoms with Gasteiger partial charge in [-0.25, -0.2) is 0 Å². The van der Waals surface area contributed by atoms with Crippen LogP contribution in [0.2, 0.25) is 5.02 Å². The van der Waals surface area contributed by atoms with E-state index < -0.39 is 0 Å². The molecule has 1 aromatic carbocycles. The van der Waals surface area contributed by atoms with E-state index in [0.29, 0.717) is 5.41 Å². The number of rotatable bonds is 3. The van der Waals surface area contributed by atoms with Crippen molar-refractivity contribution in [2.45, 2.75) is 26.7 Å². The van der Waals surface area contributed by atoms with E-state index in [0.717, 1.165) is 32.6 Å². The van der Waals surface area contributed by atoms with Crippen molar-refractivity contribution in [1.29, 1.82) is 0 Å². The van der Waals surface area contributed by atoms with Crippen LogP contribution in [0, 0.1) is 5.41 Å². The number of thioether (sulfide) groups is 1. The monoisotopic (exact) mass is 360 g/mol. The molecular formula is C14H18BrClN2S. The zero-order valence-electron chi connectivity index (χ0n) is 11.2. The van der Waals surface area contributed by atoms with Gasteiger partial charge in [-0.15, -0.1) is 0 Å². The molecule has 0 aromatic heterocycles. The van der Waals surface area contributed by atoms with E-state index >= 15 is 0 Å². The molecule has 0 aliphatic carbocycles. The lowest BCUT2D eigenvalue weighted by Crippen LogP contribution is -2.32. The van der Waals surface area contributed by atoms with E-state index in [9.17, 15) is 0 Å². The first-order valence-corrected chi connectivity index (χ1v) is 8.63. The van der Waals surface area contributed by atoms with Crippen molar-refractivity contribution in [3.63, 3.8) is 0 Å². The summed E-state index contributed by atoms with van der Waals surface area (Å²) in [4.78, 5) is 4.70. The quantitative estimate of drug-likeness (QED) is 0.777. The summed E-state index contributed by atoms with van der Waals surface area (Å²) >= 11 is 11.3. The van der Waals surface area contributed by atoms with Crippen LogP contribution in [-0.2, 0) is 0 Å². The Balaban J connectivity index is 2.07. The molecule has 0 bridgehead atoms. The number of halogens is 2. The van der Waals surface area contributed by atoms with Gasteiger partial charge in [0.2, 0.25) is 0 Å². The van der Waals surface area contributed by atoms with E-state index in [1.807, 2.05) is 30.0 Å². The summed E-state index contributed by atoms with van der Waals surface area (Å²) < 4.78 is 0.964. The molecule has 0 fully saturated rings. The summed E-state index contributed by atoms with van der Waals surface area (Å²) in [5.41, 5.74) is 1.39. The fraction of sp³-hybridized carbons (Fsp3) is 0.500. The number of aliphatic imine (C=N–C) groups is 1. The highest BCUT2D eigenvalue weighted by molar-refractivity contribution is 9.10. The second-order valence-corrected chi connectivity index (χ2v) is 7.12. The number of benzene rings is 1. The minimum Gasteiger partial charge on any atom is -0.334 e. The SMILES string of the molecule is CCC1(CC)CN=C(Nc2ccc(Cl)cc2Br)SC1. The second-order valence-electron chi connectivity index (χ2n) is 4.87. The van der Waals surface area contributed by atoms with E-state index in [2.05, 4.69) is 35.1 Å². The lowest BCUT2D eigenvalue weighted by Gasteiger charge is -2.33. The molecule has 0 spiro atoms. The van der Waals surface area contributed by atoms with Gasteiger partial charge >= 0.3 is 0 Å². The van der Waals surface area contributed by atoms with Crippen LogP contribution in [0.1, 0.15) is 26.7 Å². The van der Waals surface area contributed by atoms with Gasteiger partial charge in [-0.05, 0) is 52.4 Å². The van der Waals surface area contributed by atoms with Crippen molar-refractivity contribution in [3.05, 3.63) is 27.7 Å². The summed E-state index contributed by atoms with van der Waals surface area (Å²) in [6.07, 6.45) is 2.38. The molecule has 1 aliphatic heterocycles. The Morgan fingerprint density at radius 1 is 1.42 bits per heavy atom. The van der Waals surface area contributed by atoms with Crippen LogP contribution in [0.4, 0.5) is 5.69 Å². The van der Waals surface area contributed by atoms with Crippen molar-refractivity contribution in [2.24, 2.45) is 10.4 Å². The van der Waals surface area contributed by atoms with Gasteiger partial charge in [0, 0.05) is 21.8 Å². The summed E-state index contributed by atoms with van der Waals surface area (Å²) in [6, 6.07) is 5.74. The normalized spacial score (nSPS) is 18.0. The first kappa shape index (κ1) is 15.2. The largest absolute Gasteiger partial charge is 0.334 e. The molecule has 1 aliphatic rings. The second kappa shape index (κ2) is 6.51. The fourth-order valence-electron chi connectivity index (χ4n) is 2.01. The first-order valence-electron chi connectivity index (χ1n) is 6.48. The Labute approximate surface area is 132 Å². The van der Waals surface area contributed by atoms with Crippen LogP contribution in [0.25, 0.3) is 0 Å². The number of hydrogen-bond acceptors (Lipinski definition) is 3. The maximum atomic E-state index is 5.94. The van der Waals surface area contributed by atoms with Gasteiger partial charge in [0.1, 0.15) is 0 Å². The highest BCUT2D eigenvalue weighted by Crippen LogP contribution is 2.36. The molecule has 0 radical (unpaired) electrons. The first-order chi connectivity index (χ1) is 9.08. The number of amidine groups is 1. The maximum Gasteiger partial charge on any atom is 0.161 e. The molecular weight excluding hydrogens is 344 g/mol. The van der Waals surface area contributed by atoms with E-state index in [1.54, 1.807) is 0 Å². The fourth-order valence-corrected chi connectivity index (χ4v) is 4.07. The molecule has 0 amide bonds. The Bertz CT molecular complexity index is 486. The van der Waals surface area contributed by atoms with Gasteiger partial charge in [0.05, 0.1) is 5.69 Å². The van der Waals surface area contributed by atoms with E-state index in [-0.39, 0.29) is 0 Å². The molecule has 0 saturated heterocycles. The summed E-state index contributed by atoms with van der Waals surface area (Å²) in [5, 5.41) is 5.10. The molecule has 0 atom stereocenters. The highest BCUT2D eigenvalue weighted by Gasteiger charge is 2.30. The summed E-state index contributed by atoms with van der Waals surface area (Å²) in [5.74, 6) is 1.14.